The molecule has 59 heavy (non-hydrogen) atoms. The molecule has 2 nitrogen and oxygen atoms in total. The first-order valence-electron chi connectivity index (χ1n) is 20.4. The fourth-order valence-electron chi connectivity index (χ4n) is 9.77. The van der Waals surface area contributed by atoms with Crippen molar-refractivity contribution < 1.29 is 8.83 Å². The van der Waals surface area contributed by atoms with Crippen LogP contribution in [0.3, 0.4) is 0 Å². The smallest absolute Gasteiger partial charge is 0.143 e. The van der Waals surface area contributed by atoms with Gasteiger partial charge in [0.25, 0.3) is 0 Å². The van der Waals surface area contributed by atoms with Gasteiger partial charge < -0.3 is 8.83 Å². The van der Waals surface area contributed by atoms with Crippen LogP contribution in [-0.4, -0.2) is 0 Å². The number of rotatable bonds is 4. The lowest BCUT2D eigenvalue weighted by atomic mass is 9.95. The van der Waals surface area contributed by atoms with E-state index < -0.39 is 0 Å². The molecule has 2 heterocycles. The molecule has 2 heteroatoms. The Morgan fingerprint density at radius 2 is 0.593 bits per heavy atom. The third-order valence-corrected chi connectivity index (χ3v) is 12.7. The third-order valence-electron chi connectivity index (χ3n) is 12.7. The van der Waals surface area contributed by atoms with Gasteiger partial charge in [-0.15, -0.1) is 0 Å². The van der Waals surface area contributed by atoms with Crippen LogP contribution in [0.2, 0.25) is 0 Å². The van der Waals surface area contributed by atoms with Crippen LogP contribution in [0.15, 0.2) is 203 Å². The summed E-state index contributed by atoms with van der Waals surface area (Å²) in [6.45, 7) is 0. The van der Waals surface area contributed by atoms with Gasteiger partial charge in [0.15, 0.2) is 0 Å². The summed E-state index contributed by atoms with van der Waals surface area (Å²) in [4.78, 5) is 0. The minimum absolute atomic E-state index is 0.916. The van der Waals surface area contributed by atoms with Crippen LogP contribution in [0.4, 0.5) is 0 Å². The number of fused-ring (bicyclic) bond motifs is 11. The molecule has 2 aromatic heterocycles. The van der Waals surface area contributed by atoms with Crippen molar-refractivity contribution in [2.45, 2.75) is 6.42 Å². The highest BCUT2D eigenvalue weighted by Gasteiger charge is 2.23. The van der Waals surface area contributed by atoms with Crippen LogP contribution in [0, 0.1) is 0 Å². The SMILES string of the molecule is c1ccc2cc(-c3cccc4c3oc3c(-c5ccc6c(c5)-c5cc(-c7cccc8c7oc7c(-c9ccc%10ccccc%10c9)cccc78)ccc5C6)cccc34)ccc2c1. The molecule has 0 aliphatic heterocycles. The van der Waals surface area contributed by atoms with E-state index in [1.165, 1.54) is 43.8 Å². The summed E-state index contributed by atoms with van der Waals surface area (Å²) in [5.74, 6) is 0. The second-order valence-electron chi connectivity index (χ2n) is 16.0. The zero-order chi connectivity index (χ0) is 38.6. The van der Waals surface area contributed by atoms with E-state index in [1.54, 1.807) is 0 Å². The summed E-state index contributed by atoms with van der Waals surface area (Å²) in [5.41, 5.74) is 18.0. The number of furan rings is 2. The molecule has 0 radical (unpaired) electrons. The van der Waals surface area contributed by atoms with Crippen LogP contribution in [0.5, 0.6) is 0 Å². The average Bonchev–Trinajstić information content (AvgIpc) is 3.99. The molecule has 0 atom stereocenters. The second-order valence-corrected chi connectivity index (χ2v) is 16.0. The maximum Gasteiger partial charge on any atom is 0.143 e. The van der Waals surface area contributed by atoms with Crippen molar-refractivity contribution in [3.63, 3.8) is 0 Å². The van der Waals surface area contributed by atoms with E-state index in [0.29, 0.717) is 0 Å². The van der Waals surface area contributed by atoms with E-state index in [-0.39, 0.29) is 0 Å². The average molecular weight is 751 g/mol. The largest absolute Gasteiger partial charge is 0.455 e. The zero-order valence-corrected chi connectivity index (χ0v) is 32.0. The van der Waals surface area contributed by atoms with E-state index in [9.17, 15) is 0 Å². The van der Waals surface area contributed by atoms with Crippen molar-refractivity contribution in [3.05, 3.63) is 205 Å². The topological polar surface area (TPSA) is 26.3 Å². The minimum Gasteiger partial charge on any atom is -0.455 e. The highest BCUT2D eigenvalue weighted by Crippen LogP contribution is 2.46. The fourth-order valence-corrected chi connectivity index (χ4v) is 9.77. The Morgan fingerprint density at radius 3 is 0.983 bits per heavy atom. The van der Waals surface area contributed by atoms with Crippen molar-refractivity contribution in [1.82, 2.24) is 0 Å². The van der Waals surface area contributed by atoms with E-state index in [1.807, 2.05) is 0 Å². The van der Waals surface area contributed by atoms with Gasteiger partial charge in [-0.2, -0.15) is 0 Å². The van der Waals surface area contributed by atoms with Gasteiger partial charge in [-0.1, -0.05) is 170 Å². The van der Waals surface area contributed by atoms with Gasteiger partial charge in [0.2, 0.25) is 0 Å². The summed E-state index contributed by atoms with van der Waals surface area (Å²) in [6, 6.07) is 70.4. The van der Waals surface area contributed by atoms with Crippen molar-refractivity contribution in [3.8, 4) is 55.6 Å². The molecular weight excluding hydrogens is 717 g/mol. The Balaban J connectivity index is 0.914. The van der Waals surface area contributed by atoms with Crippen molar-refractivity contribution in [1.29, 1.82) is 0 Å². The van der Waals surface area contributed by atoms with E-state index in [2.05, 4.69) is 194 Å². The number of hydrogen-bond donors (Lipinski definition) is 0. The van der Waals surface area contributed by atoms with E-state index >= 15 is 0 Å². The number of benzene rings is 10. The predicted molar refractivity (Wildman–Crippen MR) is 246 cm³/mol. The molecule has 0 amide bonds. The van der Waals surface area contributed by atoms with Crippen molar-refractivity contribution in [2.24, 2.45) is 0 Å². The molecule has 274 valence electrons. The molecule has 0 saturated carbocycles. The first kappa shape index (κ1) is 32.4. The standard InChI is InChI=1S/C57H34O2/c1-3-11-36-29-38(23-21-34(36)9-1)44-13-5-17-48-50-19-7-15-46(56(50)58-54(44)48)42-27-25-40-31-41-26-28-43(33-53(41)52(40)32-42)47-16-8-20-51-49-18-6-14-45(55(49)59-57(47)51)39-24-22-35-10-2-4-12-37(35)30-39/h1-30,32-33H,31H2. The molecule has 12 aromatic rings. The molecule has 0 N–H and O–H groups in total. The first-order chi connectivity index (χ1) is 29.2. The molecule has 0 saturated heterocycles. The molecule has 0 fully saturated rings. The Hall–Kier alpha value is -7.68. The van der Waals surface area contributed by atoms with Gasteiger partial charge in [0.1, 0.15) is 22.3 Å². The Kier molecular flexibility index (Phi) is 6.82. The maximum absolute atomic E-state index is 6.91. The second kappa shape index (κ2) is 12.4. The number of para-hydroxylation sites is 4. The maximum atomic E-state index is 6.91. The summed E-state index contributed by atoms with van der Waals surface area (Å²) >= 11 is 0. The Bertz CT molecular complexity index is 3460. The van der Waals surface area contributed by atoms with E-state index in [4.69, 9.17) is 8.83 Å². The molecule has 1 aliphatic carbocycles. The van der Waals surface area contributed by atoms with Gasteiger partial charge in [-0.05, 0) is 96.7 Å². The van der Waals surface area contributed by atoms with Crippen molar-refractivity contribution >= 4 is 65.4 Å². The third kappa shape index (κ3) is 4.93. The van der Waals surface area contributed by atoms with Gasteiger partial charge in [0.05, 0.1) is 0 Å². The monoisotopic (exact) mass is 750 g/mol. The molecule has 0 bridgehead atoms. The molecule has 0 spiro atoms. The minimum atomic E-state index is 0.916. The summed E-state index contributed by atoms with van der Waals surface area (Å²) in [5, 5.41) is 9.44. The van der Waals surface area contributed by atoms with Gasteiger partial charge >= 0.3 is 0 Å². The van der Waals surface area contributed by atoms with Gasteiger partial charge in [0, 0.05) is 43.8 Å². The molecule has 0 unspecified atom stereocenters. The zero-order valence-electron chi connectivity index (χ0n) is 32.0. The highest BCUT2D eigenvalue weighted by atomic mass is 16.3. The van der Waals surface area contributed by atoms with Crippen LogP contribution in [-0.2, 0) is 6.42 Å². The number of hydrogen-bond acceptors (Lipinski definition) is 2. The fraction of sp³-hybridized carbons (Fsp3) is 0.0175. The molecule has 1 aliphatic rings. The summed E-state index contributed by atoms with van der Waals surface area (Å²) in [7, 11) is 0. The predicted octanol–water partition coefficient (Wildman–Crippen LogP) is 16.0. The first-order valence-corrected chi connectivity index (χ1v) is 20.4. The quantitative estimate of drug-likeness (QED) is 0.179. The summed E-state index contributed by atoms with van der Waals surface area (Å²) < 4.78 is 13.8. The van der Waals surface area contributed by atoms with Crippen LogP contribution in [0.1, 0.15) is 11.1 Å². The van der Waals surface area contributed by atoms with Crippen LogP contribution < -0.4 is 0 Å². The normalized spacial score (nSPS) is 12.3. The Labute approximate surface area is 340 Å². The van der Waals surface area contributed by atoms with Crippen molar-refractivity contribution in [2.75, 3.05) is 0 Å². The lowest BCUT2D eigenvalue weighted by molar-refractivity contribution is 0.670. The van der Waals surface area contributed by atoms with Crippen LogP contribution in [0.25, 0.3) is 121 Å². The lowest BCUT2D eigenvalue weighted by Gasteiger charge is -2.09. The van der Waals surface area contributed by atoms with Crippen LogP contribution >= 0.6 is 0 Å². The van der Waals surface area contributed by atoms with Gasteiger partial charge in [-0.25, -0.2) is 0 Å². The molecule has 10 aromatic carbocycles. The summed E-state index contributed by atoms with van der Waals surface area (Å²) in [6.07, 6.45) is 0.916. The van der Waals surface area contributed by atoms with Gasteiger partial charge in [-0.3, -0.25) is 0 Å². The van der Waals surface area contributed by atoms with E-state index in [0.717, 1.165) is 94.8 Å². The highest BCUT2D eigenvalue weighted by molar-refractivity contribution is 6.15. The molecular formula is C57H34O2. The Morgan fingerprint density at radius 1 is 0.254 bits per heavy atom. The molecule has 13 rings (SSSR count). The lowest BCUT2D eigenvalue weighted by Crippen LogP contribution is -1.84.